The summed E-state index contributed by atoms with van der Waals surface area (Å²) >= 11 is 0. The smallest absolute Gasteiger partial charge is 0.166 e. The Morgan fingerprint density at radius 2 is 2.05 bits per heavy atom. The van der Waals surface area contributed by atoms with Gasteiger partial charge in [-0.3, -0.25) is 0 Å². The van der Waals surface area contributed by atoms with Gasteiger partial charge in [-0.2, -0.15) is 15.6 Å². The summed E-state index contributed by atoms with van der Waals surface area (Å²) in [6, 6.07) is 9.55. The molecule has 1 aromatic carbocycles. The Morgan fingerprint density at radius 1 is 1.21 bits per heavy atom. The molecule has 2 rings (SSSR count). The lowest BCUT2D eigenvalue weighted by Crippen LogP contribution is -2.06. The zero-order valence-corrected chi connectivity index (χ0v) is 9.76. The van der Waals surface area contributed by atoms with E-state index in [-0.39, 0.29) is 12.1 Å². The van der Waals surface area contributed by atoms with Gasteiger partial charge in [0.1, 0.15) is 11.9 Å². The summed E-state index contributed by atoms with van der Waals surface area (Å²) in [6.45, 7) is 0.158. The second-order valence-corrected chi connectivity index (χ2v) is 3.68. The van der Waals surface area contributed by atoms with Crippen molar-refractivity contribution in [3.05, 3.63) is 53.0 Å². The highest BCUT2D eigenvalue weighted by Crippen LogP contribution is 2.14. The molecule has 0 amide bonds. The van der Waals surface area contributed by atoms with E-state index < -0.39 is 5.82 Å². The Morgan fingerprint density at radius 3 is 2.74 bits per heavy atom. The minimum absolute atomic E-state index is 0.158. The van der Waals surface area contributed by atoms with Crippen molar-refractivity contribution in [1.82, 2.24) is 10.2 Å². The second kappa shape index (κ2) is 5.56. The molecule has 0 aliphatic rings. The van der Waals surface area contributed by atoms with Gasteiger partial charge in [-0.1, -0.05) is 6.07 Å². The monoisotopic (exact) mass is 253 g/mol. The van der Waals surface area contributed by atoms with Gasteiger partial charge in [0.15, 0.2) is 5.82 Å². The van der Waals surface area contributed by atoms with E-state index in [0.29, 0.717) is 16.9 Å². The molecule has 92 valence electrons. The molecule has 5 nitrogen and oxygen atoms in total. The van der Waals surface area contributed by atoms with Crippen molar-refractivity contribution in [1.29, 1.82) is 10.5 Å². The fourth-order valence-corrected chi connectivity index (χ4v) is 1.49. The van der Waals surface area contributed by atoms with Gasteiger partial charge in [0, 0.05) is 12.1 Å². The van der Waals surface area contributed by atoms with Gasteiger partial charge in [0.2, 0.25) is 0 Å². The fraction of sp³-hybridized carbons (Fsp3) is 0.0769. The first kappa shape index (κ1) is 12.5. The number of anilines is 1. The molecule has 1 heterocycles. The SMILES string of the molecule is N#Cc1ccc(CNc2nnccc2C#N)c(F)c1. The largest absolute Gasteiger partial charge is 0.363 e. The summed E-state index contributed by atoms with van der Waals surface area (Å²) in [6.07, 6.45) is 1.41. The topological polar surface area (TPSA) is 85.4 Å². The minimum Gasteiger partial charge on any atom is -0.363 e. The van der Waals surface area contributed by atoms with Gasteiger partial charge in [0.05, 0.1) is 23.4 Å². The lowest BCUT2D eigenvalue weighted by molar-refractivity contribution is 0.612. The van der Waals surface area contributed by atoms with Gasteiger partial charge in [-0.15, -0.1) is 5.10 Å². The van der Waals surface area contributed by atoms with E-state index in [1.165, 1.54) is 30.5 Å². The highest BCUT2D eigenvalue weighted by Gasteiger charge is 2.06. The quantitative estimate of drug-likeness (QED) is 0.903. The summed E-state index contributed by atoms with van der Waals surface area (Å²) in [5, 5.41) is 27.8. The molecule has 1 N–H and O–H groups in total. The Labute approximate surface area is 108 Å². The van der Waals surface area contributed by atoms with Crippen LogP contribution in [-0.2, 0) is 6.54 Å². The van der Waals surface area contributed by atoms with Crippen LogP contribution in [0.1, 0.15) is 16.7 Å². The Kier molecular flexibility index (Phi) is 3.65. The van der Waals surface area contributed by atoms with Crippen LogP contribution in [0.25, 0.3) is 0 Å². The Bertz CT molecular complexity index is 684. The van der Waals surface area contributed by atoms with E-state index >= 15 is 0 Å². The molecule has 6 heteroatoms. The number of hydrogen-bond donors (Lipinski definition) is 1. The molecule has 0 fully saturated rings. The van der Waals surface area contributed by atoms with Gasteiger partial charge >= 0.3 is 0 Å². The molecule has 0 bridgehead atoms. The normalized spacial score (nSPS) is 9.42. The van der Waals surface area contributed by atoms with Crippen molar-refractivity contribution in [2.75, 3.05) is 5.32 Å². The van der Waals surface area contributed by atoms with Crippen molar-refractivity contribution in [2.45, 2.75) is 6.54 Å². The third kappa shape index (κ3) is 2.82. The lowest BCUT2D eigenvalue weighted by Gasteiger charge is -2.07. The maximum Gasteiger partial charge on any atom is 0.166 e. The van der Waals surface area contributed by atoms with E-state index in [0.717, 1.165) is 0 Å². The summed E-state index contributed by atoms with van der Waals surface area (Å²) in [4.78, 5) is 0. The van der Waals surface area contributed by atoms with Crippen LogP contribution in [0.2, 0.25) is 0 Å². The van der Waals surface area contributed by atoms with Crippen LogP contribution >= 0.6 is 0 Å². The van der Waals surface area contributed by atoms with E-state index in [2.05, 4.69) is 15.5 Å². The van der Waals surface area contributed by atoms with Gasteiger partial charge in [-0.05, 0) is 18.2 Å². The number of benzene rings is 1. The third-order valence-corrected chi connectivity index (χ3v) is 2.47. The van der Waals surface area contributed by atoms with Crippen molar-refractivity contribution in [3.8, 4) is 12.1 Å². The van der Waals surface area contributed by atoms with Gasteiger partial charge in [0.25, 0.3) is 0 Å². The van der Waals surface area contributed by atoms with E-state index in [9.17, 15) is 4.39 Å². The summed E-state index contributed by atoms with van der Waals surface area (Å²) in [5.74, 6) is -0.178. The number of rotatable bonds is 3. The van der Waals surface area contributed by atoms with Crippen LogP contribution in [0.4, 0.5) is 10.2 Å². The number of hydrogen-bond acceptors (Lipinski definition) is 5. The first-order valence-corrected chi connectivity index (χ1v) is 5.39. The minimum atomic E-state index is -0.478. The van der Waals surface area contributed by atoms with E-state index in [1.807, 2.05) is 12.1 Å². The summed E-state index contributed by atoms with van der Waals surface area (Å²) in [7, 11) is 0. The molecular formula is C13H8FN5. The Hall–Kier alpha value is -2.99. The van der Waals surface area contributed by atoms with E-state index in [4.69, 9.17) is 10.5 Å². The molecule has 0 saturated heterocycles. The third-order valence-electron chi connectivity index (χ3n) is 2.47. The van der Waals surface area contributed by atoms with Crippen LogP contribution in [0.5, 0.6) is 0 Å². The van der Waals surface area contributed by atoms with Crippen LogP contribution in [0, 0.1) is 28.5 Å². The van der Waals surface area contributed by atoms with Crippen LogP contribution < -0.4 is 5.32 Å². The first-order chi connectivity index (χ1) is 9.24. The average Bonchev–Trinajstić information content (AvgIpc) is 2.46. The molecule has 19 heavy (non-hydrogen) atoms. The molecule has 0 unspecified atom stereocenters. The lowest BCUT2D eigenvalue weighted by atomic mass is 10.1. The maximum atomic E-state index is 13.6. The molecule has 0 aliphatic heterocycles. The standard InChI is InChI=1S/C13H8FN5/c14-12-5-9(6-15)1-2-11(12)8-17-13-10(7-16)3-4-18-19-13/h1-5H,8H2,(H,17,19). The van der Waals surface area contributed by atoms with Gasteiger partial charge < -0.3 is 5.32 Å². The maximum absolute atomic E-state index is 13.6. The van der Waals surface area contributed by atoms with E-state index in [1.54, 1.807) is 0 Å². The molecule has 0 spiro atoms. The number of nitrogens with one attached hydrogen (secondary N) is 1. The molecule has 1 aromatic heterocycles. The predicted octanol–water partition coefficient (Wildman–Crippen LogP) is 1.97. The number of halogens is 1. The van der Waals surface area contributed by atoms with Crippen LogP contribution in [0.15, 0.2) is 30.5 Å². The summed E-state index contributed by atoms with van der Waals surface area (Å²) < 4.78 is 13.6. The van der Waals surface area contributed by atoms with Crippen molar-refractivity contribution >= 4 is 5.82 Å². The zero-order valence-electron chi connectivity index (χ0n) is 9.76. The zero-order chi connectivity index (χ0) is 13.7. The molecule has 0 atom stereocenters. The van der Waals surface area contributed by atoms with Crippen molar-refractivity contribution < 1.29 is 4.39 Å². The van der Waals surface area contributed by atoms with Crippen LogP contribution in [0.3, 0.4) is 0 Å². The fourth-order valence-electron chi connectivity index (χ4n) is 1.49. The number of nitriles is 2. The highest BCUT2D eigenvalue weighted by atomic mass is 19.1. The number of aromatic nitrogens is 2. The summed E-state index contributed by atoms with van der Waals surface area (Å²) in [5.41, 5.74) is 0.982. The number of nitrogens with zero attached hydrogens (tertiary/aromatic N) is 4. The molecular weight excluding hydrogens is 245 g/mol. The molecule has 0 aliphatic carbocycles. The molecule has 0 saturated carbocycles. The van der Waals surface area contributed by atoms with Crippen LogP contribution in [-0.4, -0.2) is 10.2 Å². The van der Waals surface area contributed by atoms with Crippen molar-refractivity contribution in [2.24, 2.45) is 0 Å². The first-order valence-electron chi connectivity index (χ1n) is 5.39. The average molecular weight is 253 g/mol. The second-order valence-electron chi connectivity index (χ2n) is 3.68. The highest BCUT2D eigenvalue weighted by molar-refractivity contribution is 5.50. The molecule has 2 aromatic rings. The predicted molar refractivity (Wildman–Crippen MR) is 65.2 cm³/mol. The Balaban J connectivity index is 2.16. The molecule has 0 radical (unpaired) electrons. The van der Waals surface area contributed by atoms with Gasteiger partial charge in [-0.25, -0.2) is 4.39 Å². The van der Waals surface area contributed by atoms with Crippen molar-refractivity contribution in [3.63, 3.8) is 0 Å².